The number of nitrogens with one attached hydrogen (secondary N) is 3. The number of hydrogen-bond acceptors (Lipinski definition) is 2. The second kappa shape index (κ2) is 7.04. The molecule has 0 spiro atoms. The van der Waals surface area contributed by atoms with Gasteiger partial charge in [0.2, 0.25) is 0 Å². The number of aliphatic hydroxyl groups excluding tert-OH is 1. The molecular formula is C18H25N3O2. The van der Waals surface area contributed by atoms with E-state index in [1.54, 1.807) is 0 Å². The van der Waals surface area contributed by atoms with E-state index in [0.29, 0.717) is 0 Å². The lowest BCUT2D eigenvalue weighted by Crippen LogP contribution is -2.43. The zero-order chi connectivity index (χ0) is 16.2. The van der Waals surface area contributed by atoms with E-state index >= 15 is 0 Å². The number of rotatable bonds is 3. The average Bonchev–Trinajstić information content (AvgIpc) is 2.74. The van der Waals surface area contributed by atoms with E-state index in [1.807, 2.05) is 25.1 Å². The van der Waals surface area contributed by atoms with Gasteiger partial charge in [-0.25, -0.2) is 4.79 Å². The fraction of sp³-hybridized carbons (Fsp3) is 0.500. The molecule has 0 bridgehead atoms. The summed E-state index contributed by atoms with van der Waals surface area (Å²) in [6, 6.07) is 7.76. The Bertz CT molecular complexity index is 680. The van der Waals surface area contributed by atoms with Crippen LogP contribution in [0.4, 0.5) is 10.5 Å². The Balaban J connectivity index is 1.64. The summed E-state index contributed by atoms with van der Waals surface area (Å²) in [5.74, 6) is 0.165. The van der Waals surface area contributed by atoms with Gasteiger partial charge >= 0.3 is 6.03 Å². The molecule has 2 amide bonds. The topological polar surface area (TPSA) is 77.2 Å². The summed E-state index contributed by atoms with van der Waals surface area (Å²) in [6.45, 7) is 2.15. The average molecular weight is 315 g/mol. The van der Waals surface area contributed by atoms with Gasteiger partial charge in [-0.1, -0.05) is 19.3 Å². The van der Waals surface area contributed by atoms with Crippen LogP contribution in [0, 0.1) is 12.8 Å². The van der Waals surface area contributed by atoms with Gasteiger partial charge in [-0.15, -0.1) is 0 Å². The molecule has 4 N–H and O–H groups in total. The van der Waals surface area contributed by atoms with Crippen LogP contribution >= 0.6 is 0 Å². The lowest BCUT2D eigenvalue weighted by atomic mass is 9.96. The number of benzene rings is 1. The molecule has 23 heavy (non-hydrogen) atoms. The van der Waals surface area contributed by atoms with E-state index in [-0.39, 0.29) is 24.6 Å². The highest BCUT2D eigenvalue weighted by molar-refractivity contribution is 5.93. The van der Waals surface area contributed by atoms with Crippen LogP contribution in [0.2, 0.25) is 0 Å². The Kier molecular flexibility index (Phi) is 4.86. The smallest absolute Gasteiger partial charge is 0.319 e. The predicted octanol–water partition coefficient (Wildman–Crippen LogP) is 3.54. The Morgan fingerprint density at radius 2 is 2.09 bits per heavy atom. The predicted molar refractivity (Wildman–Crippen MR) is 92.6 cm³/mol. The normalized spacial score (nSPS) is 21.8. The number of aromatic nitrogens is 1. The quantitative estimate of drug-likeness (QED) is 0.654. The number of urea groups is 1. The van der Waals surface area contributed by atoms with E-state index in [0.717, 1.165) is 48.0 Å². The molecule has 3 rings (SSSR count). The molecule has 0 saturated heterocycles. The van der Waals surface area contributed by atoms with Gasteiger partial charge in [0, 0.05) is 40.9 Å². The highest BCUT2D eigenvalue weighted by Crippen LogP contribution is 2.24. The number of hydrogen-bond donors (Lipinski definition) is 4. The van der Waals surface area contributed by atoms with Crippen molar-refractivity contribution in [3.8, 4) is 0 Å². The van der Waals surface area contributed by atoms with Crippen LogP contribution in [0.3, 0.4) is 0 Å². The maximum Gasteiger partial charge on any atom is 0.319 e. The SMILES string of the molecule is Cc1cc2cc(NC(=O)NC3CCCCCC3CO)ccc2[nH]1. The van der Waals surface area contributed by atoms with E-state index in [2.05, 4.69) is 21.7 Å². The number of H-pyrrole nitrogens is 1. The number of carbonyl (C=O) groups excluding carboxylic acids is 1. The van der Waals surface area contributed by atoms with E-state index < -0.39 is 0 Å². The molecule has 1 aromatic carbocycles. The Morgan fingerprint density at radius 3 is 2.91 bits per heavy atom. The molecule has 5 heteroatoms. The van der Waals surface area contributed by atoms with Crippen molar-refractivity contribution < 1.29 is 9.90 Å². The number of amides is 2. The summed E-state index contributed by atoms with van der Waals surface area (Å²) in [4.78, 5) is 15.6. The van der Waals surface area contributed by atoms with Crippen molar-refractivity contribution in [1.82, 2.24) is 10.3 Å². The van der Waals surface area contributed by atoms with Gasteiger partial charge in [0.05, 0.1) is 0 Å². The van der Waals surface area contributed by atoms with Gasteiger partial charge in [0.1, 0.15) is 0 Å². The monoisotopic (exact) mass is 315 g/mol. The van der Waals surface area contributed by atoms with Crippen molar-refractivity contribution in [2.24, 2.45) is 5.92 Å². The van der Waals surface area contributed by atoms with Crippen LogP contribution in [0.15, 0.2) is 24.3 Å². The molecule has 1 fully saturated rings. The van der Waals surface area contributed by atoms with Gasteiger partial charge in [0.25, 0.3) is 0 Å². The molecule has 2 unspecified atom stereocenters. The van der Waals surface area contributed by atoms with Gasteiger partial charge in [-0.3, -0.25) is 0 Å². The molecule has 2 aromatic rings. The lowest BCUT2D eigenvalue weighted by Gasteiger charge is -2.24. The molecule has 1 saturated carbocycles. The van der Waals surface area contributed by atoms with Crippen LogP contribution in [-0.2, 0) is 0 Å². The second-order valence-corrected chi connectivity index (χ2v) is 6.54. The first-order valence-corrected chi connectivity index (χ1v) is 8.43. The Hall–Kier alpha value is -2.01. The highest BCUT2D eigenvalue weighted by Gasteiger charge is 2.24. The molecule has 1 heterocycles. The Labute approximate surface area is 136 Å². The number of fused-ring (bicyclic) bond motifs is 1. The number of aromatic amines is 1. The van der Waals surface area contributed by atoms with Crippen LogP contribution in [0.5, 0.6) is 0 Å². The minimum atomic E-state index is -0.193. The largest absolute Gasteiger partial charge is 0.396 e. The lowest BCUT2D eigenvalue weighted by molar-refractivity contribution is 0.182. The first-order valence-electron chi connectivity index (χ1n) is 8.43. The van der Waals surface area contributed by atoms with Crippen LogP contribution < -0.4 is 10.6 Å². The van der Waals surface area contributed by atoms with Crippen molar-refractivity contribution in [1.29, 1.82) is 0 Å². The fourth-order valence-corrected chi connectivity index (χ4v) is 3.48. The summed E-state index contributed by atoms with van der Waals surface area (Å²) in [6.07, 6.45) is 5.34. The van der Waals surface area contributed by atoms with E-state index in [1.165, 1.54) is 6.42 Å². The van der Waals surface area contributed by atoms with Gasteiger partial charge in [-0.2, -0.15) is 0 Å². The summed E-state index contributed by atoms with van der Waals surface area (Å²) in [5.41, 5.74) is 2.95. The summed E-state index contributed by atoms with van der Waals surface area (Å²) >= 11 is 0. The first kappa shape index (κ1) is 15.9. The third-order valence-corrected chi connectivity index (χ3v) is 4.72. The number of aryl methyl sites for hydroxylation is 1. The maximum atomic E-state index is 12.3. The molecule has 1 aromatic heterocycles. The van der Waals surface area contributed by atoms with Crippen LogP contribution in [0.1, 0.15) is 37.8 Å². The van der Waals surface area contributed by atoms with Crippen LogP contribution in [-0.4, -0.2) is 28.8 Å². The summed E-state index contributed by atoms with van der Waals surface area (Å²) < 4.78 is 0. The maximum absolute atomic E-state index is 12.3. The molecule has 124 valence electrons. The molecule has 2 atom stereocenters. The van der Waals surface area contributed by atoms with Gasteiger partial charge < -0.3 is 20.7 Å². The molecule has 5 nitrogen and oxygen atoms in total. The van der Waals surface area contributed by atoms with Crippen molar-refractivity contribution in [2.75, 3.05) is 11.9 Å². The number of aliphatic hydroxyl groups is 1. The third-order valence-electron chi connectivity index (χ3n) is 4.72. The summed E-state index contributed by atoms with van der Waals surface area (Å²) in [7, 11) is 0. The molecule has 0 radical (unpaired) electrons. The fourth-order valence-electron chi connectivity index (χ4n) is 3.48. The minimum Gasteiger partial charge on any atom is -0.396 e. The molecule has 1 aliphatic carbocycles. The van der Waals surface area contributed by atoms with E-state index in [4.69, 9.17) is 0 Å². The van der Waals surface area contributed by atoms with Crippen molar-refractivity contribution in [2.45, 2.75) is 45.1 Å². The van der Waals surface area contributed by atoms with Gasteiger partial charge in [0.15, 0.2) is 0 Å². The zero-order valence-electron chi connectivity index (χ0n) is 13.6. The number of anilines is 1. The third kappa shape index (κ3) is 3.85. The van der Waals surface area contributed by atoms with Gasteiger partial charge in [-0.05, 0) is 44.0 Å². The molecule has 0 aliphatic heterocycles. The van der Waals surface area contributed by atoms with Crippen molar-refractivity contribution in [3.05, 3.63) is 30.0 Å². The molecular weight excluding hydrogens is 290 g/mol. The second-order valence-electron chi connectivity index (χ2n) is 6.54. The number of carbonyl (C=O) groups is 1. The Morgan fingerprint density at radius 1 is 1.26 bits per heavy atom. The standard InChI is InChI=1S/C18H25N3O2/c1-12-9-14-10-15(7-8-17(14)19-12)20-18(23)21-16-6-4-2-3-5-13(16)11-22/h7-10,13,16,19,22H,2-6,11H2,1H3,(H2,20,21,23). The minimum absolute atomic E-state index is 0.0562. The molecule has 1 aliphatic rings. The first-order chi connectivity index (χ1) is 11.2. The highest BCUT2D eigenvalue weighted by atomic mass is 16.3. The zero-order valence-corrected chi connectivity index (χ0v) is 13.6. The van der Waals surface area contributed by atoms with E-state index in [9.17, 15) is 9.90 Å². The van der Waals surface area contributed by atoms with Crippen molar-refractivity contribution in [3.63, 3.8) is 0 Å². The summed E-state index contributed by atoms with van der Waals surface area (Å²) in [5, 5.41) is 16.6. The van der Waals surface area contributed by atoms with Crippen molar-refractivity contribution >= 4 is 22.6 Å². The van der Waals surface area contributed by atoms with Crippen LogP contribution in [0.25, 0.3) is 10.9 Å².